The van der Waals surface area contributed by atoms with Crippen molar-refractivity contribution >= 4 is 57.3 Å². The van der Waals surface area contributed by atoms with Crippen LogP contribution in [0.1, 0.15) is 35.1 Å². The van der Waals surface area contributed by atoms with Crippen molar-refractivity contribution in [3.8, 4) is 11.1 Å². The fourth-order valence-electron chi connectivity index (χ4n) is 7.49. The number of amidine groups is 2. The van der Waals surface area contributed by atoms with Gasteiger partial charge in [-0.25, -0.2) is 9.98 Å². The van der Waals surface area contributed by atoms with Crippen molar-refractivity contribution in [2.24, 2.45) is 15.0 Å². The van der Waals surface area contributed by atoms with Crippen molar-refractivity contribution in [3.05, 3.63) is 235 Å². The van der Waals surface area contributed by atoms with Gasteiger partial charge in [-0.1, -0.05) is 176 Å². The second kappa shape index (κ2) is 18.8. The summed E-state index contributed by atoms with van der Waals surface area (Å²) in [5, 5.41) is 2.14. The maximum atomic E-state index is 6.14. The predicted molar refractivity (Wildman–Crippen MR) is 256 cm³/mol. The van der Waals surface area contributed by atoms with Gasteiger partial charge in [0.2, 0.25) is 0 Å². The van der Waals surface area contributed by atoms with Gasteiger partial charge in [-0.3, -0.25) is 4.99 Å². The van der Waals surface area contributed by atoms with Crippen LogP contribution in [0, 0.1) is 0 Å². The lowest BCUT2D eigenvalue weighted by Crippen LogP contribution is -2.16. The zero-order chi connectivity index (χ0) is 41.1. The second-order valence-electron chi connectivity index (χ2n) is 14.5. The normalized spacial score (nSPS) is 13.5. The largest absolute Gasteiger partial charge is 0.456 e. The first-order valence-corrected chi connectivity index (χ1v) is 20.2. The molecular weight excluding hydrogens is 733 g/mol. The molecular formula is C55H46N4O. The lowest BCUT2D eigenvalue weighted by molar-refractivity contribution is 0.669. The summed E-state index contributed by atoms with van der Waals surface area (Å²) in [4.78, 5) is 17.3. The first-order chi connectivity index (χ1) is 29.6. The number of allylic oxidation sites excluding steroid dienone is 11. The Labute approximate surface area is 352 Å². The number of nitrogens with zero attached hydrogens (tertiary/aromatic N) is 4. The average Bonchev–Trinajstić information content (AvgIpc) is 3.51. The third-order valence-corrected chi connectivity index (χ3v) is 10.6. The van der Waals surface area contributed by atoms with E-state index in [9.17, 15) is 0 Å². The van der Waals surface area contributed by atoms with Gasteiger partial charge in [-0.15, -0.1) is 0 Å². The monoisotopic (exact) mass is 778 g/mol. The van der Waals surface area contributed by atoms with Crippen molar-refractivity contribution in [3.63, 3.8) is 0 Å². The number of furan rings is 1. The molecule has 5 heteroatoms. The van der Waals surface area contributed by atoms with E-state index in [-0.39, 0.29) is 0 Å². The Balaban J connectivity index is 1.20. The molecule has 0 radical (unpaired) electrons. The highest BCUT2D eigenvalue weighted by Crippen LogP contribution is 2.38. The van der Waals surface area contributed by atoms with Crippen molar-refractivity contribution in [1.29, 1.82) is 0 Å². The van der Waals surface area contributed by atoms with E-state index in [1.807, 2.05) is 48.6 Å². The van der Waals surface area contributed by atoms with Crippen LogP contribution in [0.4, 0.5) is 11.4 Å². The summed E-state index contributed by atoms with van der Waals surface area (Å²) in [6, 6.07) is 49.9. The smallest absolute Gasteiger partial charge is 0.161 e. The molecule has 0 N–H and O–H groups in total. The summed E-state index contributed by atoms with van der Waals surface area (Å²) in [6.45, 7) is 8.12. The van der Waals surface area contributed by atoms with E-state index >= 15 is 0 Å². The highest BCUT2D eigenvalue weighted by molar-refractivity contribution is 6.16. The number of para-hydroxylation sites is 3. The standard InChI is InChI=1S/C55H46N4O/c1-4-5-6-7-10-19-40-20-17-23-42(32-30-40)43-33-35-45(36-34-43)54(56-2)58-55(57-39-41-31-37-52-50(38-41)48-26-15-16-29-51(48)60-52)49-28-18-27-47(44-21-11-8-12-22-44)53(49)59(3)46-24-13-9-14-25-46/h4-18,21-38H,1-2,19-20,39H2,3H3/b6-5-,10-7-,57-55?,58-54?. The van der Waals surface area contributed by atoms with Gasteiger partial charge in [0.25, 0.3) is 0 Å². The van der Waals surface area contributed by atoms with Crippen LogP contribution in [0.2, 0.25) is 0 Å². The van der Waals surface area contributed by atoms with E-state index < -0.39 is 0 Å². The average molecular weight is 779 g/mol. The van der Waals surface area contributed by atoms with Gasteiger partial charge in [0.05, 0.1) is 12.2 Å². The van der Waals surface area contributed by atoms with Crippen molar-refractivity contribution in [2.75, 3.05) is 11.9 Å². The Hall–Kier alpha value is -7.63. The molecule has 0 amide bonds. The van der Waals surface area contributed by atoms with Gasteiger partial charge in [0, 0.05) is 40.2 Å². The molecule has 1 aliphatic rings. The highest BCUT2D eigenvalue weighted by atomic mass is 16.3. The molecule has 0 unspecified atom stereocenters. The SMILES string of the molecule is C=C/C=C\C=C/CC1=CC=C(c2ccc(C(N=C)=NC(=NCc3ccc4oc5ccccc5c4c3)c3cccc(-c4ccccc4)c3N(C)c3ccccc3)cc2)C=CC1. The molecule has 6 aromatic carbocycles. The Morgan fingerprint density at radius 2 is 1.48 bits per heavy atom. The predicted octanol–water partition coefficient (Wildman–Crippen LogP) is 14.1. The number of aliphatic imine (C=N–C) groups is 3. The maximum Gasteiger partial charge on any atom is 0.161 e. The zero-order valence-electron chi connectivity index (χ0n) is 33.8. The van der Waals surface area contributed by atoms with Gasteiger partial charge in [0.1, 0.15) is 11.2 Å². The molecule has 0 spiro atoms. The van der Waals surface area contributed by atoms with Crippen LogP contribution < -0.4 is 4.90 Å². The fraction of sp³-hybridized carbons (Fsp3) is 0.0727. The minimum absolute atomic E-state index is 0.388. The topological polar surface area (TPSA) is 53.5 Å². The first-order valence-electron chi connectivity index (χ1n) is 20.2. The lowest BCUT2D eigenvalue weighted by Gasteiger charge is -2.26. The summed E-state index contributed by atoms with van der Waals surface area (Å²) in [7, 11) is 2.10. The third kappa shape index (κ3) is 8.91. The zero-order valence-corrected chi connectivity index (χ0v) is 33.8. The summed E-state index contributed by atoms with van der Waals surface area (Å²) in [6.07, 6.45) is 20.6. The number of hydrogen-bond donors (Lipinski definition) is 0. The van der Waals surface area contributed by atoms with E-state index in [0.717, 1.165) is 85.1 Å². The molecule has 0 aliphatic heterocycles. The van der Waals surface area contributed by atoms with Crippen LogP contribution in [0.25, 0.3) is 38.6 Å². The fourth-order valence-corrected chi connectivity index (χ4v) is 7.49. The van der Waals surface area contributed by atoms with Gasteiger partial charge >= 0.3 is 0 Å². The second-order valence-corrected chi connectivity index (χ2v) is 14.5. The molecule has 1 aromatic heterocycles. The van der Waals surface area contributed by atoms with Gasteiger partial charge in [-0.2, -0.15) is 0 Å². The molecule has 0 atom stereocenters. The Morgan fingerprint density at radius 3 is 2.28 bits per heavy atom. The number of rotatable bonds is 12. The van der Waals surface area contributed by atoms with E-state index in [1.54, 1.807) is 6.08 Å². The Kier molecular flexibility index (Phi) is 12.3. The van der Waals surface area contributed by atoms with Crippen LogP contribution >= 0.6 is 0 Å². The number of fused-ring (bicyclic) bond motifs is 3. The van der Waals surface area contributed by atoms with Crippen molar-refractivity contribution < 1.29 is 4.42 Å². The van der Waals surface area contributed by atoms with Gasteiger partial charge in [0.15, 0.2) is 11.7 Å². The summed E-state index contributed by atoms with van der Waals surface area (Å²) < 4.78 is 6.14. The van der Waals surface area contributed by atoms with Crippen LogP contribution in [0.3, 0.4) is 0 Å². The molecule has 292 valence electrons. The molecule has 7 aromatic rings. The van der Waals surface area contributed by atoms with Crippen molar-refractivity contribution in [2.45, 2.75) is 19.4 Å². The van der Waals surface area contributed by atoms with Crippen LogP contribution in [0.5, 0.6) is 0 Å². The highest BCUT2D eigenvalue weighted by Gasteiger charge is 2.20. The van der Waals surface area contributed by atoms with Crippen LogP contribution in [-0.4, -0.2) is 25.4 Å². The summed E-state index contributed by atoms with van der Waals surface area (Å²) in [5.74, 6) is 1.04. The van der Waals surface area contributed by atoms with Gasteiger partial charge < -0.3 is 9.32 Å². The molecule has 0 saturated heterocycles. The van der Waals surface area contributed by atoms with Crippen LogP contribution in [0.15, 0.2) is 232 Å². The number of hydrogen-bond acceptors (Lipinski definition) is 3. The summed E-state index contributed by atoms with van der Waals surface area (Å²) in [5.41, 5.74) is 12.3. The molecule has 8 rings (SSSR count). The molecule has 60 heavy (non-hydrogen) atoms. The van der Waals surface area contributed by atoms with E-state index in [2.05, 4.69) is 176 Å². The molecule has 0 saturated carbocycles. The minimum atomic E-state index is 0.388. The Morgan fingerprint density at radius 1 is 0.717 bits per heavy atom. The quantitative estimate of drug-likeness (QED) is 0.0705. The minimum Gasteiger partial charge on any atom is -0.456 e. The molecule has 1 heterocycles. The number of anilines is 2. The maximum absolute atomic E-state index is 6.14. The molecule has 1 aliphatic carbocycles. The number of benzene rings is 6. The Bertz CT molecular complexity index is 2870. The van der Waals surface area contributed by atoms with E-state index in [4.69, 9.17) is 14.4 Å². The van der Waals surface area contributed by atoms with Gasteiger partial charge in [-0.05, 0) is 78.2 Å². The first kappa shape index (κ1) is 39.2. The van der Waals surface area contributed by atoms with E-state index in [1.165, 1.54) is 5.57 Å². The summed E-state index contributed by atoms with van der Waals surface area (Å²) >= 11 is 0. The van der Waals surface area contributed by atoms with Crippen molar-refractivity contribution in [1.82, 2.24) is 0 Å². The third-order valence-electron chi connectivity index (χ3n) is 10.6. The molecule has 0 bridgehead atoms. The lowest BCUT2D eigenvalue weighted by atomic mass is 9.98. The molecule has 0 fully saturated rings. The van der Waals surface area contributed by atoms with Crippen LogP contribution in [-0.2, 0) is 6.54 Å². The van der Waals surface area contributed by atoms with E-state index in [0.29, 0.717) is 18.2 Å². The molecule has 5 nitrogen and oxygen atoms in total.